The van der Waals surface area contributed by atoms with Crippen LogP contribution in [0.2, 0.25) is 0 Å². The summed E-state index contributed by atoms with van der Waals surface area (Å²) >= 11 is 0. The minimum atomic E-state index is -0.957. The maximum Gasteiger partial charge on any atom is 0.345 e. The van der Waals surface area contributed by atoms with Gasteiger partial charge in [-0.05, 0) is 53.4 Å². The number of fused-ring (bicyclic) bond motifs is 1. The lowest BCUT2D eigenvalue weighted by Crippen LogP contribution is -2.29. The third kappa shape index (κ3) is 3.40. The topological polar surface area (TPSA) is 46.5 Å². The van der Waals surface area contributed by atoms with Gasteiger partial charge in [-0.25, -0.2) is 4.79 Å². The summed E-state index contributed by atoms with van der Waals surface area (Å²) in [6, 6.07) is 19.6. The maximum absolute atomic E-state index is 11.7. The number of rotatable bonds is 5. The van der Waals surface area contributed by atoms with E-state index >= 15 is 0 Å². The second-order valence-electron chi connectivity index (χ2n) is 6.03. The highest BCUT2D eigenvalue weighted by molar-refractivity contribution is 5.86. The Morgan fingerprint density at radius 1 is 1.00 bits per heavy atom. The molecule has 0 heterocycles. The number of carboxylic acids is 1. The molecule has 0 aliphatic heterocycles. The van der Waals surface area contributed by atoms with Crippen molar-refractivity contribution in [1.82, 2.24) is 0 Å². The van der Waals surface area contributed by atoms with Crippen LogP contribution < -0.4 is 4.74 Å². The predicted molar refractivity (Wildman–Crippen MR) is 95.6 cm³/mol. The van der Waals surface area contributed by atoms with Crippen LogP contribution in [0.25, 0.3) is 10.8 Å². The smallest absolute Gasteiger partial charge is 0.345 e. The van der Waals surface area contributed by atoms with Gasteiger partial charge in [-0.2, -0.15) is 0 Å². The van der Waals surface area contributed by atoms with Gasteiger partial charge < -0.3 is 9.84 Å². The molecule has 0 radical (unpaired) electrons. The van der Waals surface area contributed by atoms with Crippen molar-refractivity contribution in [3.05, 3.63) is 77.4 Å². The van der Waals surface area contributed by atoms with E-state index in [0.29, 0.717) is 12.2 Å². The van der Waals surface area contributed by atoms with Crippen molar-refractivity contribution in [1.29, 1.82) is 0 Å². The first-order chi connectivity index (χ1) is 11.5. The van der Waals surface area contributed by atoms with Crippen molar-refractivity contribution in [2.75, 3.05) is 0 Å². The average molecular weight is 320 g/mol. The second kappa shape index (κ2) is 6.75. The minimum Gasteiger partial charge on any atom is -0.478 e. The van der Waals surface area contributed by atoms with E-state index in [-0.39, 0.29) is 0 Å². The molecule has 0 aromatic heterocycles. The fraction of sp³-hybridized carbons (Fsp3) is 0.190. The molecule has 122 valence electrons. The summed E-state index contributed by atoms with van der Waals surface area (Å²) in [7, 11) is 0. The van der Waals surface area contributed by atoms with Crippen LogP contribution in [0.3, 0.4) is 0 Å². The Morgan fingerprint density at radius 2 is 1.75 bits per heavy atom. The highest BCUT2D eigenvalue weighted by Gasteiger charge is 2.21. The van der Waals surface area contributed by atoms with Gasteiger partial charge in [0, 0.05) is 6.42 Å². The van der Waals surface area contributed by atoms with Crippen molar-refractivity contribution >= 4 is 16.7 Å². The molecule has 3 rings (SSSR count). The molecule has 3 aromatic rings. The molecule has 1 atom stereocenters. The van der Waals surface area contributed by atoms with Crippen LogP contribution in [-0.4, -0.2) is 17.2 Å². The molecule has 3 aromatic carbocycles. The van der Waals surface area contributed by atoms with Crippen molar-refractivity contribution < 1.29 is 14.6 Å². The molecule has 0 aliphatic carbocycles. The van der Waals surface area contributed by atoms with Gasteiger partial charge in [0.1, 0.15) is 5.75 Å². The SMILES string of the molecule is Cc1ccc(OC(Cc2cccc3ccccc23)C(=O)O)cc1C. The molecule has 0 aliphatic rings. The first-order valence-corrected chi connectivity index (χ1v) is 7.98. The normalized spacial score (nSPS) is 12.1. The quantitative estimate of drug-likeness (QED) is 0.751. The van der Waals surface area contributed by atoms with Crippen molar-refractivity contribution in [2.24, 2.45) is 0 Å². The first-order valence-electron chi connectivity index (χ1n) is 7.98. The molecule has 0 bridgehead atoms. The summed E-state index contributed by atoms with van der Waals surface area (Å²) in [5, 5.41) is 11.7. The van der Waals surface area contributed by atoms with E-state index in [1.807, 2.05) is 74.5 Å². The summed E-state index contributed by atoms with van der Waals surface area (Å²) in [4.78, 5) is 11.7. The fourth-order valence-electron chi connectivity index (χ4n) is 2.80. The number of hydrogen-bond donors (Lipinski definition) is 1. The summed E-state index contributed by atoms with van der Waals surface area (Å²) in [6.07, 6.45) is -0.596. The fourth-order valence-corrected chi connectivity index (χ4v) is 2.80. The van der Waals surface area contributed by atoms with Crippen LogP contribution in [0.1, 0.15) is 16.7 Å². The van der Waals surface area contributed by atoms with Gasteiger partial charge in [-0.3, -0.25) is 0 Å². The summed E-state index contributed by atoms with van der Waals surface area (Å²) in [5.41, 5.74) is 3.22. The molecule has 3 heteroatoms. The number of carbonyl (C=O) groups is 1. The van der Waals surface area contributed by atoms with E-state index in [4.69, 9.17) is 4.74 Å². The largest absolute Gasteiger partial charge is 0.478 e. The molecule has 0 amide bonds. The lowest BCUT2D eigenvalue weighted by atomic mass is 10.00. The maximum atomic E-state index is 11.7. The van der Waals surface area contributed by atoms with Crippen molar-refractivity contribution in [2.45, 2.75) is 26.4 Å². The Kier molecular flexibility index (Phi) is 4.52. The highest BCUT2D eigenvalue weighted by atomic mass is 16.5. The van der Waals surface area contributed by atoms with Gasteiger partial charge in [0.15, 0.2) is 6.10 Å². The molecular weight excluding hydrogens is 300 g/mol. The van der Waals surface area contributed by atoms with Gasteiger partial charge in [-0.15, -0.1) is 0 Å². The van der Waals surface area contributed by atoms with Crippen molar-refractivity contribution in [3.8, 4) is 5.75 Å². The molecule has 0 spiro atoms. The lowest BCUT2D eigenvalue weighted by molar-refractivity contribution is -0.145. The summed E-state index contributed by atoms with van der Waals surface area (Å²) < 4.78 is 5.77. The zero-order valence-electron chi connectivity index (χ0n) is 13.8. The number of benzene rings is 3. The summed E-state index contributed by atoms with van der Waals surface area (Å²) in [5.74, 6) is -0.369. The molecular formula is C21H20O3. The Hall–Kier alpha value is -2.81. The highest BCUT2D eigenvalue weighted by Crippen LogP contribution is 2.23. The van der Waals surface area contributed by atoms with E-state index in [0.717, 1.165) is 27.5 Å². The minimum absolute atomic E-state index is 0.323. The van der Waals surface area contributed by atoms with E-state index in [2.05, 4.69) is 0 Å². The van der Waals surface area contributed by atoms with Crippen molar-refractivity contribution in [3.63, 3.8) is 0 Å². The lowest BCUT2D eigenvalue weighted by Gasteiger charge is -2.17. The van der Waals surface area contributed by atoms with Gasteiger partial charge in [0.05, 0.1) is 0 Å². The number of aryl methyl sites for hydroxylation is 2. The third-order valence-corrected chi connectivity index (χ3v) is 4.32. The predicted octanol–water partition coefficient (Wildman–Crippen LogP) is 4.53. The van der Waals surface area contributed by atoms with Gasteiger partial charge >= 0.3 is 5.97 Å². The monoisotopic (exact) mass is 320 g/mol. The average Bonchev–Trinajstić information content (AvgIpc) is 2.57. The molecule has 0 saturated heterocycles. The van der Waals surface area contributed by atoms with Gasteiger partial charge in [-0.1, -0.05) is 48.5 Å². The molecule has 3 nitrogen and oxygen atoms in total. The number of hydrogen-bond acceptors (Lipinski definition) is 2. The second-order valence-corrected chi connectivity index (χ2v) is 6.03. The molecule has 0 saturated carbocycles. The summed E-state index contributed by atoms with van der Waals surface area (Å²) in [6.45, 7) is 4.01. The number of carboxylic acid groups (broad SMARTS) is 1. The zero-order chi connectivity index (χ0) is 17.1. The first kappa shape index (κ1) is 16.1. The van der Waals surface area contributed by atoms with Crippen LogP contribution >= 0.6 is 0 Å². The Balaban J connectivity index is 1.88. The van der Waals surface area contributed by atoms with Crippen LogP contribution in [0.5, 0.6) is 5.75 Å². The molecule has 1 unspecified atom stereocenters. The molecule has 1 N–H and O–H groups in total. The Bertz CT molecular complexity index is 878. The van der Waals surface area contributed by atoms with E-state index < -0.39 is 12.1 Å². The third-order valence-electron chi connectivity index (χ3n) is 4.32. The van der Waals surface area contributed by atoms with Crippen LogP contribution in [0.4, 0.5) is 0 Å². The van der Waals surface area contributed by atoms with Crippen LogP contribution in [0.15, 0.2) is 60.7 Å². The molecule has 24 heavy (non-hydrogen) atoms. The number of ether oxygens (including phenoxy) is 1. The van der Waals surface area contributed by atoms with Gasteiger partial charge in [0.2, 0.25) is 0 Å². The van der Waals surface area contributed by atoms with Gasteiger partial charge in [0.25, 0.3) is 0 Å². The zero-order valence-corrected chi connectivity index (χ0v) is 13.8. The van der Waals surface area contributed by atoms with Crippen LogP contribution in [0, 0.1) is 13.8 Å². The Labute approximate surface area is 141 Å². The van der Waals surface area contributed by atoms with E-state index in [9.17, 15) is 9.90 Å². The van der Waals surface area contributed by atoms with Crippen LogP contribution in [-0.2, 0) is 11.2 Å². The molecule has 0 fully saturated rings. The Morgan fingerprint density at radius 3 is 2.50 bits per heavy atom. The number of aliphatic carboxylic acids is 1. The standard InChI is InChI=1S/C21H20O3/c1-14-10-11-18(12-15(14)2)24-20(21(22)23)13-17-8-5-7-16-6-3-4-9-19(16)17/h3-12,20H,13H2,1-2H3,(H,22,23). The van der Waals surface area contributed by atoms with E-state index in [1.54, 1.807) is 0 Å². The van der Waals surface area contributed by atoms with E-state index in [1.165, 1.54) is 0 Å².